The van der Waals surface area contributed by atoms with Gasteiger partial charge in [-0.1, -0.05) is 0 Å². The minimum Gasteiger partial charge on any atom is -0.484 e. The molecule has 0 atom stereocenters. The van der Waals surface area contributed by atoms with Crippen molar-refractivity contribution in [3.05, 3.63) is 29.5 Å². The molecule has 24 heavy (non-hydrogen) atoms. The maximum atomic E-state index is 12.1. The van der Waals surface area contributed by atoms with E-state index in [1.165, 1.54) is 0 Å². The molecule has 3 rings (SSSR count). The number of amides is 1. The summed E-state index contributed by atoms with van der Waals surface area (Å²) in [5.74, 6) is 0.607. The number of likely N-dealkylation sites (tertiary alicyclic amines) is 1. The Hall–Kier alpha value is -2.50. The maximum Gasteiger partial charge on any atom is 0.342 e. The molecule has 1 aromatic carbocycles. The highest BCUT2D eigenvalue weighted by molar-refractivity contribution is 6.04. The Balaban J connectivity index is 1.78. The molecule has 2 aromatic rings. The summed E-state index contributed by atoms with van der Waals surface area (Å²) in [6.45, 7) is 5.38. The molecule has 2 heterocycles. The van der Waals surface area contributed by atoms with Crippen LogP contribution in [0.2, 0.25) is 0 Å². The Morgan fingerprint density at radius 3 is 2.71 bits per heavy atom. The van der Waals surface area contributed by atoms with Gasteiger partial charge in [-0.2, -0.15) is 0 Å². The molecule has 1 aromatic heterocycles. The van der Waals surface area contributed by atoms with E-state index in [4.69, 9.17) is 13.9 Å². The molecule has 0 bridgehead atoms. The van der Waals surface area contributed by atoms with E-state index in [9.17, 15) is 9.59 Å². The summed E-state index contributed by atoms with van der Waals surface area (Å²) in [6, 6.07) is 5.19. The second-order valence-corrected chi connectivity index (χ2v) is 5.79. The van der Waals surface area contributed by atoms with Gasteiger partial charge in [-0.3, -0.25) is 4.79 Å². The predicted molar refractivity (Wildman–Crippen MR) is 88.2 cm³/mol. The number of furan rings is 1. The summed E-state index contributed by atoms with van der Waals surface area (Å²) in [4.78, 5) is 26.0. The van der Waals surface area contributed by atoms with Gasteiger partial charge in [-0.05, 0) is 44.9 Å². The number of fused-ring (bicyclic) bond motifs is 1. The number of nitrogens with zero attached hydrogens (tertiary/aromatic N) is 1. The fraction of sp³-hybridized carbons (Fsp3) is 0.444. The van der Waals surface area contributed by atoms with Crippen LogP contribution in [0.15, 0.2) is 22.6 Å². The van der Waals surface area contributed by atoms with Gasteiger partial charge in [0, 0.05) is 18.5 Å². The molecule has 6 nitrogen and oxygen atoms in total. The fourth-order valence-electron chi connectivity index (χ4n) is 2.95. The van der Waals surface area contributed by atoms with E-state index in [2.05, 4.69) is 0 Å². The van der Waals surface area contributed by atoms with Gasteiger partial charge >= 0.3 is 5.97 Å². The molecule has 1 aliphatic rings. The third-order valence-corrected chi connectivity index (χ3v) is 4.14. The van der Waals surface area contributed by atoms with Crippen molar-refractivity contribution in [3.8, 4) is 5.75 Å². The Morgan fingerprint density at radius 1 is 1.25 bits per heavy atom. The molecule has 1 amide bonds. The molecule has 0 unspecified atom stereocenters. The molecular weight excluding hydrogens is 310 g/mol. The van der Waals surface area contributed by atoms with Crippen LogP contribution in [-0.4, -0.2) is 43.1 Å². The van der Waals surface area contributed by atoms with Gasteiger partial charge in [0.05, 0.1) is 6.61 Å². The summed E-state index contributed by atoms with van der Waals surface area (Å²) < 4.78 is 16.3. The van der Waals surface area contributed by atoms with Crippen molar-refractivity contribution in [2.75, 3.05) is 26.3 Å². The number of aryl methyl sites for hydroxylation is 1. The zero-order valence-corrected chi connectivity index (χ0v) is 14.0. The van der Waals surface area contributed by atoms with Gasteiger partial charge in [-0.25, -0.2) is 4.79 Å². The lowest BCUT2D eigenvalue weighted by Gasteiger charge is -2.15. The Kier molecular flexibility index (Phi) is 4.74. The SMILES string of the molecule is CCOC(=O)c1c(C)oc2ccc(OCC(=O)N3CCCC3)cc12. The lowest BCUT2D eigenvalue weighted by Crippen LogP contribution is -2.32. The first-order chi connectivity index (χ1) is 11.6. The fourth-order valence-corrected chi connectivity index (χ4v) is 2.95. The van der Waals surface area contributed by atoms with Crippen LogP contribution in [0.4, 0.5) is 0 Å². The van der Waals surface area contributed by atoms with Crippen molar-refractivity contribution in [2.45, 2.75) is 26.7 Å². The first-order valence-electron chi connectivity index (χ1n) is 8.21. The van der Waals surface area contributed by atoms with Gasteiger partial charge in [0.1, 0.15) is 22.7 Å². The van der Waals surface area contributed by atoms with Crippen LogP contribution < -0.4 is 4.74 Å². The quantitative estimate of drug-likeness (QED) is 0.788. The molecule has 1 saturated heterocycles. The van der Waals surface area contributed by atoms with Crippen molar-refractivity contribution >= 4 is 22.8 Å². The Morgan fingerprint density at radius 2 is 2.00 bits per heavy atom. The average molecular weight is 331 g/mol. The van der Waals surface area contributed by atoms with Crippen molar-refractivity contribution in [1.82, 2.24) is 4.90 Å². The highest BCUT2D eigenvalue weighted by atomic mass is 16.5. The first-order valence-corrected chi connectivity index (χ1v) is 8.21. The molecule has 0 aliphatic carbocycles. The zero-order chi connectivity index (χ0) is 17.1. The molecule has 1 fully saturated rings. The van der Waals surface area contributed by atoms with Crippen LogP contribution in [0.3, 0.4) is 0 Å². The maximum absolute atomic E-state index is 12.1. The number of carbonyl (C=O) groups is 2. The van der Waals surface area contributed by atoms with Crippen molar-refractivity contribution in [3.63, 3.8) is 0 Å². The number of rotatable bonds is 5. The second-order valence-electron chi connectivity index (χ2n) is 5.79. The van der Waals surface area contributed by atoms with Crippen LogP contribution in [0.1, 0.15) is 35.9 Å². The molecule has 0 N–H and O–H groups in total. The lowest BCUT2D eigenvalue weighted by atomic mass is 10.1. The normalized spacial score (nSPS) is 14.2. The molecule has 0 radical (unpaired) electrons. The van der Waals surface area contributed by atoms with Gasteiger partial charge in [0.2, 0.25) is 0 Å². The highest BCUT2D eigenvalue weighted by Crippen LogP contribution is 2.29. The minimum absolute atomic E-state index is 0.00290. The van der Waals surface area contributed by atoms with E-state index < -0.39 is 5.97 Å². The van der Waals surface area contributed by atoms with Crippen LogP contribution >= 0.6 is 0 Å². The van der Waals surface area contributed by atoms with Gasteiger partial charge in [0.25, 0.3) is 5.91 Å². The molecule has 0 saturated carbocycles. The predicted octanol–water partition coefficient (Wildman–Crippen LogP) is 2.92. The second kappa shape index (κ2) is 6.95. The molecule has 0 spiro atoms. The Bertz CT molecular complexity index is 758. The van der Waals surface area contributed by atoms with E-state index >= 15 is 0 Å². The zero-order valence-electron chi connectivity index (χ0n) is 14.0. The van der Waals surface area contributed by atoms with Crippen molar-refractivity contribution < 1.29 is 23.5 Å². The molecule has 6 heteroatoms. The summed E-state index contributed by atoms with van der Waals surface area (Å²) >= 11 is 0. The first kappa shape index (κ1) is 16.4. The molecular formula is C18H21NO5. The summed E-state index contributed by atoms with van der Waals surface area (Å²) in [6.07, 6.45) is 2.10. The largest absolute Gasteiger partial charge is 0.484 e. The Labute approximate surface area is 140 Å². The van der Waals surface area contributed by atoms with Gasteiger partial charge in [0.15, 0.2) is 6.61 Å². The van der Waals surface area contributed by atoms with Crippen LogP contribution in [0, 0.1) is 6.92 Å². The monoisotopic (exact) mass is 331 g/mol. The standard InChI is InChI=1S/C18H21NO5/c1-3-22-18(21)17-12(2)24-15-7-6-13(10-14(15)17)23-11-16(20)19-8-4-5-9-19/h6-7,10H,3-5,8-9,11H2,1-2H3. The van der Waals surface area contributed by atoms with Crippen molar-refractivity contribution in [2.24, 2.45) is 0 Å². The third kappa shape index (κ3) is 3.22. The van der Waals surface area contributed by atoms with E-state index in [0.29, 0.717) is 34.6 Å². The number of hydrogen-bond acceptors (Lipinski definition) is 5. The lowest BCUT2D eigenvalue weighted by molar-refractivity contribution is -0.132. The summed E-state index contributed by atoms with van der Waals surface area (Å²) in [5, 5.41) is 0.636. The number of esters is 1. The van der Waals surface area contributed by atoms with E-state index in [1.807, 2.05) is 4.90 Å². The minimum atomic E-state index is -0.418. The number of hydrogen-bond donors (Lipinski definition) is 0. The van der Waals surface area contributed by atoms with E-state index in [-0.39, 0.29) is 12.5 Å². The number of benzene rings is 1. The topological polar surface area (TPSA) is 69.0 Å². The average Bonchev–Trinajstić information content (AvgIpc) is 3.19. The van der Waals surface area contributed by atoms with Gasteiger partial charge in [-0.15, -0.1) is 0 Å². The summed E-state index contributed by atoms with van der Waals surface area (Å²) in [7, 11) is 0. The third-order valence-electron chi connectivity index (χ3n) is 4.14. The van der Waals surface area contributed by atoms with Crippen LogP contribution in [0.25, 0.3) is 11.0 Å². The number of carbonyl (C=O) groups excluding carboxylic acids is 2. The van der Waals surface area contributed by atoms with E-state index in [0.717, 1.165) is 25.9 Å². The van der Waals surface area contributed by atoms with Crippen LogP contribution in [-0.2, 0) is 9.53 Å². The summed E-state index contributed by atoms with van der Waals surface area (Å²) in [5.41, 5.74) is 0.997. The van der Waals surface area contributed by atoms with Gasteiger partial charge < -0.3 is 18.8 Å². The van der Waals surface area contributed by atoms with Crippen LogP contribution in [0.5, 0.6) is 5.75 Å². The van der Waals surface area contributed by atoms with E-state index in [1.54, 1.807) is 32.0 Å². The number of ether oxygens (including phenoxy) is 2. The highest BCUT2D eigenvalue weighted by Gasteiger charge is 2.21. The smallest absolute Gasteiger partial charge is 0.342 e. The molecule has 1 aliphatic heterocycles. The molecule has 128 valence electrons. The van der Waals surface area contributed by atoms with Crippen molar-refractivity contribution in [1.29, 1.82) is 0 Å².